The number of hydrogen-bond donors (Lipinski definition) is 1. The number of aliphatic hydroxyl groups is 1. The monoisotopic (exact) mass is 415 g/mol. The summed E-state index contributed by atoms with van der Waals surface area (Å²) in [6.45, 7) is 12.5. The number of carbonyl (C=O) groups excluding carboxylic acids is 1. The van der Waals surface area contributed by atoms with Gasteiger partial charge in [-0.25, -0.2) is 4.98 Å². The minimum Gasteiger partial charge on any atom is -0.472 e. The molecule has 1 amide bonds. The molecular formula is C24H37N3O3. The van der Waals surface area contributed by atoms with Crippen LogP contribution >= 0.6 is 0 Å². The minimum absolute atomic E-state index is 0.0869. The predicted molar refractivity (Wildman–Crippen MR) is 120 cm³/mol. The van der Waals surface area contributed by atoms with Gasteiger partial charge in [0.2, 0.25) is 5.88 Å². The van der Waals surface area contributed by atoms with Crippen LogP contribution in [0.25, 0.3) is 0 Å². The van der Waals surface area contributed by atoms with Crippen molar-refractivity contribution >= 4 is 5.91 Å². The lowest BCUT2D eigenvalue weighted by Gasteiger charge is -2.37. The van der Waals surface area contributed by atoms with Crippen molar-refractivity contribution in [3.8, 4) is 17.7 Å². The topological polar surface area (TPSA) is 65.9 Å². The molecule has 0 unspecified atom stereocenters. The normalized spacial score (nSPS) is 20.2. The molecule has 3 atom stereocenters. The van der Waals surface area contributed by atoms with Gasteiger partial charge in [-0.3, -0.25) is 4.79 Å². The van der Waals surface area contributed by atoms with Crippen LogP contribution in [-0.4, -0.2) is 71.2 Å². The Bertz CT molecular complexity index is 769. The van der Waals surface area contributed by atoms with Gasteiger partial charge >= 0.3 is 0 Å². The average Bonchev–Trinajstić information content (AvgIpc) is 2.70. The maximum absolute atomic E-state index is 13.3. The summed E-state index contributed by atoms with van der Waals surface area (Å²) in [6, 6.07) is 1.49. The van der Waals surface area contributed by atoms with Crippen molar-refractivity contribution in [2.75, 3.05) is 33.3 Å². The molecule has 0 bridgehead atoms. The third kappa shape index (κ3) is 6.45. The van der Waals surface area contributed by atoms with Crippen molar-refractivity contribution in [1.82, 2.24) is 14.8 Å². The summed E-state index contributed by atoms with van der Waals surface area (Å²) in [7, 11) is 2.08. The van der Waals surface area contributed by atoms with Crippen LogP contribution in [-0.2, 0) is 0 Å². The molecule has 1 aromatic rings. The van der Waals surface area contributed by atoms with Crippen molar-refractivity contribution in [3.63, 3.8) is 0 Å². The fourth-order valence-electron chi connectivity index (χ4n) is 3.53. The number of likely N-dealkylation sites (N-methyl/N-ethyl adjacent to an activating group) is 1. The molecule has 0 saturated carbocycles. The van der Waals surface area contributed by atoms with Gasteiger partial charge in [0, 0.05) is 37.2 Å². The molecule has 0 fully saturated rings. The third-order valence-corrected chi connectivity index (χ3v) is 5.36. The van der Waals surface area contributed by atoms with Crippen molar-refractivity contribution in [2.45, 2.75) is 59.6 Å². The molecule has 0 aliphatic carbocycles. The Morgan fingerprint density at radius 3 is 2.77 bits per heavy atom. The molecule has 6 nitrogen and oxygen atoms in total. The zero-order valence-corrected chi connectivity index (χ0v) is 19.3. The zero-order chi connectivity index (χ0) is 22.3. The van der Waals surface area contributed by atoms with E-state index >= 15 is 0 Å². The minimum atomic E-state index is -0.282. The van der Waals surface area contributed by atoms with Gasteiger partial charge < -0.3 is 19.6 Å². The number of carbonyl (C=O) groups is 1. The van der Waals surface area contributed by atoms with Gasteiger partial charge in [-0.2, -0.15) is 0 Å². The molecule has 6 heteroatoms. The van der Waals surface area contributed by atoms with Crippen LogP contribution in [0, 0.1) is 23.7 Å². The SMILES string of the molecule is CCCN(C)C[C@@H]1Oc2ncc(C#CCC(C)C)cc2C(=O)N([C@H](C)CO)C[C@H]1C. The first kappa shape index (κ1) is 24.2. The van der Waals surface area contributed by atoms with Crippen molar-refractivity contribution in [2.24, 2.45) is 11.8 Å². The summed E-state index contributed by atoms with van der Waals surface area (Å²) in [5, 5.41) is 9.73. The molecule has 2 rings (SSSR count). The quantitative estimate of drug-likeness (QED) is 0.694. The van der Waals surface area contributed by atoms with Crippen LogP contribution in [0.1, 0.15) is 63.4 Å². The molecule has 1 aliphatic heterocycles. The predicted octanol–water partition coefficient (Wildman–Crippen LogP) is 3.04. The second-order valence-corrected chi connectivity index (χ2v) is 8.86. The van der Waals surface area contributed by atoms with E-state index in [-0.39, 0.29) is 30.6 Å². The third-order valence-electron chi connectivity index (χ3n) is 5.36. The largest absolute Gasteiger partial charge is 0.472 e. The molecule has 2 heterocycles. The van der Waals surface area contributed by atoms with Crippen LogP contribution in [0.15, 0.2) is 12.3 Å². The number of rotatable bonds is 7. The maximum Gasteiger partial charge on any atom is 0.259 e. The number of ether oxygens (including phenoxy) is 1. The number of pyridine rings is 1. The van der Waals surface area contributed by atoms with E-state index in [0.717, 1.165) is 25.9 Å². The van der Waals surface area contributed by atoms with Crippen LogP contribution in [0.4, 0.5) is 0 Å². The van der Waals surface area contributed by atoms with E-state index in [1.165, 1.54) is 0 Å². The number of hydrogen-bond acceptors (Lipinski definition) is 5. The number of fused-ring (bicyclic) bond motifs is 1. The molecule has 1 aromatic heterocycles. The standard InChI is InChI=1S/C24H37N3O3/c1-7-11-26(6)15-22-18(4)14-27(19(5)16-28)24(29)21-12-20(10-8-9-17(2)3)13-25-23(21)30-22/h12-13,17-19,22,28H,7,9,11,14-16H2,1-6H3/t18-,19-,22+/m1/s1. The Hall–Kier alpha value is -2.10. The summed E-state index contributed by atoms with van der Waals surface area (Å²) in [5.41, 5.74) is 1.12. The van der Waals surface area contributed by atoms with Gasteiger partial charge in [0.1, 0.15) is 11.7 Å². The Labute approximate surface area is 181 Å². The summed E-state index contributed by atoms with van der Waals surface area (Å²) in [5.74, 6) is 7.04. The van der Waals surface area contributed by atoms with Crippen molar-refractivity contribution < 1.29 is 14.6 Å². The molecule has 1 N–H and O–H groups in total. The number of nitrogens with zero attached hydrogens (tertiary/aromatic N) is 3. The van der Waals surface area contributed by atoms with E-state index in [9.17, 15) is 9.90 Å². The first-order chi connectivity index (χ1) is 14.3. The molecule has 30 heavy (non-hydrogen) atoms. The zero-order valence-electron chi connectivity index (χ0n) is 19.3. The van der Waals surface area contributed by atoms with E-state index in [0.29, 0.717) is 29.5 Å². The van der Waals surface area contributed by atoms with Gasteiger partial charge in [-0.1, -0.05) is 39.5 Å². The highest BCUT2D eigenvalue weighted by atomic mass is 16.5. The Balaban J connectivity index is 2.42. The van der Waals surface area contributed by atoms with Crippen LogP contribution in [0.3, 0.4) is 0 Å². The molecule has 1 aliphatic rings. The molecule has 0 spiro atoms. The van der Waals surface area contributed by atoms with Crippen molar-refractivity contribution in [1.29, 1.82) is 0 Å². The molecule has 0 aromatic carbocycles. The Morgan fingerprint density at radius 1 is 1.40 bits per heavy atom. The first-order valence-electron chi connectivity index (χ1n) is 11.0. The highest BCUT2D eigenvalue weighted by molar-refractivity contribution is 5.97. The molecule has 0 radical (unpaired) electrons. The fourth-order valence-corrected chi connectivity index (χ4v) is 3.53. The van der Waals surface area contributed by atoms with E-state index in [4.69, 9.17) is 4.74 Å². The van der Waals surface area contributed by atoms with Crippen LogP contribution in [0.5, 0.6) is 5.88 Å². The van der Waals surface area contributed by atoms with E-state index in [1.54, 1.807) is 17.2 Å². The molecular weight excluding hydrogens is 378 g/mol. The lowest BCUT2D eigenvalue weighted by atomic mass is 10.00. The smallest absolute Gasteiger partial charge is 0.259 e. The Kier molecular flexibility index (Phi) is 9.13. The highest BCUT2D eigenvalue weighted by Crippen LogP contribution is 2.27. The summed E-state index contributed by atoms with van der Waals surface area (Å²) >= 11 is 0. The highest BCUT2D eigenvalue weighted by Gasteiger charge is 2.34. The van der Waals surface area contributed by atoms with Crippen LogP contribution < -0.4 is 4.74 Å². The van der Waals surface area contributed by atoms with Crippen molar-refractivity contribution in [3.05, 3.63) is 23.4 Å². The first-order valence-corrected chi connectivity index (χ1v) is 11.0. The number of aromatic nitrogens is 1. The van der Waals surface area contributed by atoms with Gasteiger partial charge in [0.05, 0.1) is 12.6 Å². The van der Waals surface area contributed by atoms with Gasteiger partial charge in [0.15, 0.2) is 0 Å². The summed E-state index contributed by atoms with van der Waals surface area (Å²) in [6.07, 6.45) is 3.43. The lowest BCUT2D eigenvalue weighted by molar-refractivity contribution is 0.0331. The molecule has 166 valence electrons. The van der Waals surface area contributed by atoms with E-state index in [1.807, 2.05) is 6.92 Å². The summed E-state index contributed by atoms with van der Waals surface area (Å²) < 4.78 is 6.29. The number of amides is 1. The number of aliphatic hydroxyl groups excluding tert-OH is 1. The molecule has 0 saturated heterocycles. The lowest BCUT2D eigenvalue weighted by Crippen LogP contribution is -2.50. The fraction of sp³-hybridized carbons (Fsp3) is 0.667. The second kappa shape index (κ2) is 11.3. The maximum atomic E-state index is 13.3. The van der Waals surface area contributed by atoms with Gasteiger partial charge in [0.25, 0.3) is 5.91 Å². The van der Waals surface area contributed by atoms with Crippen LogP contribution in [0.2, 0.25) is 0 Å². The Morgan fingerprint density at radius 2 is 2.13 bits per heavy atom. The van der Waals surface area contributed by atoms with Gasteiger partial charge in [-0.15, -0.1) is 0 Å². The van der Waals surface area contributed by atoms with E-state index < -0.39 is 0 Å². The van der Waals surface area contributed by atoms with E-state index in [2.05, 4.69) is 56.5 Å². The average molecular weight is 416 g/mol. The van der Waals surface area contributed by atoms with Gasteiger partial charge in [-0.05, 0) is 38.9 Å². The second-order valence-electron chi connectivity index (χ2n) is 8.86. The summed E-state index contributed by atoms with van der Waals surface area (Å²) in [4.78, 5) is 21.8.